The highest BCUT2D eigenvalue weighted by atomic mass is 19.4. The van der Waals surface area contributed by atoms with Crippen LogP contribution in [0.25, 0.3) is 0 Å². The summed E-state index contributed by atoms with van der Waals surface area (Å²) < 4.78 is 36.1. The van der Waals surface area contributed by atoms with Crippen LogP contribution in [0.2, 0.25) is 0 Å². The topological polar surface area (TPSA) is 58.4 Å². The molecule has 2 rings (SSSR count). The van der Waals surface area contributed by atoms with Crippen molar-refractivity contribution in [1.29, 1.82) is 0 Å². The number of halogens is 3. The predicted molar refractivity (Wildman–Crippen MR) is 72.7 cm³/mol. The second-order valence-electron chi connectivity index (χ2n) is 5.27. The molecule has 116 valence electrons. The summed E-state index contributed by atoms with van der Waals surface area (Å²) in [4.78, 5) is 13.3. The first kappa shape index (κ1) is 15.8. The van der Waals surface area contributed by atoms with Crippen molar-refractivity contribution in [2.45, 2.75) is 18.1 Å². The van der Waals surface area contributed by atoms with Gasteiger partial charge in [-0.2, -0.15) is 13.2 Å². The molecule has 0 aromatic heterocycles. The van der Waals surface area contributed by atoms with Crippen molar-refractivity contribution in [2.75, 3.05) is 26.2 Å². The predicted octanol–water partition coefficient (Wildman–Crippen LogP) is 1.09. The van der Waals surface area contributed by atoms with Crippen LogP contribution in [0.4, 0.5) is 13.2 Å². The van der Waals surface area contributed by atoms with E-state index in [0.29, 0.717) is 13.1 Å². The fourth-order valence-electron chi connectivity index (χ4n) is 2.55. The first-order valence-electron chi connectivity index (χ1n) is 6.71. The van der Waals surface area contributed by atoms with Crippen molar-refractivity contribution < 1.29 is 18.0 Å². The highest BCUT2D eigenvalue weighted by Gasteiger charge is 2.33. The lowest BCUT2D eigenvalue weighted by atomic mass is 9.95. The molecule has 1 saturated heterocycles. The number of alkyl halides is 3. The van der Waals surface area contributed by atoms with Crippen molar-refractivity contribution in [2.24, 2.45) is 5.73 Å². The number of rotatable bonds is 4. The number of hydrogen-bond acceptors (Lipinski definition) is 3. The average molecular weight is 301 g/mol. The summed E-state index contributed by atoms with van der Waals surface area (Å²) in [5, 5.41) is 1.87. The van der Waals surface area contributed by atoms with Gasteiger partial charge in [0.15, 0.2) is 0 Å². The summed E-state index contributed by atoms with van der Waals surface area (Å²) in [6, 6.07) is 9.56. The third-order valence-electron chi connectivity index (χ3n) is 3.52. The molecule has 1 aliphatic rings. The summed E-state index contributed by atoms with van der Waals surface area (Å²) in [5.74, 6) is -0.533. The lowest BCUT2D eigenvalue weighted by Gasteiger charge is -2.16. The van der Waals surface area contributed by atoms with Gasteiger partial charge < -0.3 is 11.1 Å². The number of hydrogen-bond donors (Lipinski definition) is 2. The van der Waals surface area contributed by atoms with Gasteiger partial charge >= 0.3 is 6.18 Å². The zero-order valence-corrected chi connectivity index (χ0v) is 11.4. The molecule has 2 atom stereocenters. The number of benzene rings is 1. The highest BCUT2D eigenvalue weighted by Crippen LogP contribution is 2.25. The zero-order chi connectivity index (χ0) is 15.5. The van der Waals surface area contributed by atoms with E-state index in [1.54, 1.807) is 4.90 Å². The molecule has 1 heterocycles. The maximum Gasteiger partial charge on any atom is 0.405 e. The van der Waals surface area contributed by atoms with Gasteiger partial charge in [-0.1, -0.05) is 30.3 Å². The molecule has 0 spiro atoms. The number of nitrogens with two attached hydrogens (primary N) is 1. The largest absolute Gasteiger partial charge is 0.405 e. The van der Waals surface area contributed by atoms with Gasteiger partial charge in [0.05, 0.1) is 6.54 Å². The van der Waals surface area contributed by atoms with E-state index in [1.807, 2.05) is 35.6 Å². The third kappa shape index (κ3) is 4.71. The molecule has 1 aromatic rings. The minimum Gasteiger partial charge on any atom is -0.346 e. The van der Waals surface area contributed by atoms with Crippen LogP contribution in [0, 0.1) is 0 Å². The van der Waals surface area contributed by atoms with Crippen molar-refractivity contribution in [3.05, 3.63) is 35.9 Å². The number of nitrogens with one attached hydrogen (secondary N) is 1. The Labute approximate surface area is 121 Å². The Morgan fingerprint density at radius 1 is 1.29 bits per heavy atom. The monoisotopic (exact) mass is 301 g/mol. The molecule has 1 aromatic carbocycles. The Morgan fingerprint density at radius 3 is 2.57 bits per heavy atom. The van der Waals surface area contributed by atoms with Gasteiger partial charge in [0.25, 0.3) is 0 Å². The lowest BCUT2D eigenvalue weighted by molar-refractivity contribution is -0.138. The molecule has 3 N–H and O–H groups in total. The van der Waals surface area contributed by atoms with Gasteiger partial charge in [0.1, 0.15) is 6.54 Å². The Bertz CT molecular complexity index is 478. The molecule has 1 amide bonds. The maximum atomic E-state index is 12.0. The van der Waals surface area contributed by atoms with E-state index >= 15 is 0 Å². The fourth-order valence-corrected chi connectivity index (χ4v) is 2.55. The smallest absolute Gasteiger partial charge is 0.346 e. The average Bonchev–Trinajstić information content (AvgIpc) is 2.77. The second kappa shape index (κ2) is 6.44. The van der Waals surface area contributed by atoms with Crippen LogP contribution in [-0.2, 0) is 4.79 Å². The summed E-state index contributed by atoms with van der Waals surface area (Å²) in [6.07, 6.45) is -4.39. The first-order valence-corrected chi connectivity index (χ1v) is 6.71. The molecule has 0 aliphatic carbocycles. The molecular formula is C14H18F3N3O. The minimum absolute atomic E-state index is 0.0624. The van der Waals surface area contributed by atoms with Crippen LogP contribution in [0.3, 0.4) is 0 Å². The maximum absolute atomic E-state index is 12.0. The van der Waals surface area contributed by atoms with E-state index in [2.05, 4.69) is 0 Å². The summed E-state index contributed by atoms with van der Waals surface area (Å²) in [5.41, 5.74) is 7.15. The lowest BCUT2D eigenvalue weighted by Crippen LogP contribution is -2.41. The molecule has 21 heavy (non-hydrogen) atoms. The van der Waals surface area contributed by atoms with Gasteiger partial charge in [0.2, 0.25) is 5.91 Å². The second-order valence-corrected chi connectivity index (χ2v) is 5.27. The van der Waals surface area contributed by atoms with Gasteiger partial charge in [0, 0.05) is 25.0 Å². The molecular weight excluding hydrogens is 283 g/mol. The number of carbonyl (C=O) groups is 1. The first-order chi connectivity index (χ1) is 9.85. The van der Waals surface area contributed by atoms with E-state index in [9.17, 15) is 18.0 Å². The Morgan fingerprint density at radius 2 is 1.95 bits per heavy atom. The molecule has 1 aliphatic heterocycles. The summed E-state index contributed by atoms with van der Waals surface area (Å²) in [7, 11) is 0. The van der Waals surface area contributed by atoms with Crippen molar-refractivity contribution >= 4 is 5.91 Å². The molecule has 0 bridgehead atoms. The highest BCUT2D eigenvalue weighted by molar-refractivity contribution is 5.78. The van der Waals surface area contributed by atoms with E-state index in [4.69, 9.17) is 5.73 Å². The fraction of sp³-hybridized carbons (Fsp3) is 0.500. The quantitative estimate of drug-likeness (QED) is 0.875. The zero-order valence-electron chi connectivity index (χ0n) is 11.4. The molecule has 4 nitrogen and oxygen atoms in total. The van der Waals surface area contributed by atoms with Gasteiger partial charge in [-0.05, 0) is 5.56 Å². The summed E-state index contributed by atoms with van der Waals surface area (Å²) >= 11 is 0. The number of carbonyl (C=O) groups excluding carboxylic acids is 1. The van der Waals surface area contributed by atoms with Crippen LogP contribution in [0.15, 0.2) is 30.3 Å². The van der Waals surface area contributed by atoms with E-state index in [-0.39, 0.29) is 18.5 Å². The van der Waals surface area contributed by atoms with Crippen LogP contribution < -0.4 is 11.1 Å². The van der Waals surface area contributed by atoms with Gasteiger partial charge in [-0.15, -0.1) is 0 Å². The van der Waals surface area contributed by atoms with E-state index in [0.717, 1.165) is 5.56 Å². The standard InChI is InChI=1S/C14H18F3N3O/c15-14(16,17)9-19-13(21)8-20-6-11(12(18)7-20)10-4-2-1-3-5-10/h1-5,11-12H,6-9,18H2,(H,19,21)/t11-,12+/m0/s1. The Hall–Kier alpha value is -1.60. The number of nitrogens with zero attached hydrogens (tertiary/aromatic N) is 1. The Balaban J connectivity index is 1.85. The van der Waals surface area contributed by atoms with Crippen molar-refractivity contribution in [1.82, 2.24) is 10.2 Å². The number of likely N-dealkylation sites (tertiary alicyclic amines) is 1. The van der Waals surface area contributed by atoms with E-state index < -0.39 is 18.6 Å². The van der Waals surface area contributed by atoms with Crippen LogP contribution in [0.1, 0.15) is 11.5 Å². The molecule has 7 heteroatoms. The molecule has 0 radical (unpaired) electrons. The molecule has 1 fully saturated rings. The van der Waals surface area contributed by atoms with Crippen molar-refractivity contribution in [3.63, 3.8) is 0 Å². The molecule has 0 saturated carbocycles. The van der Waals surface area contributed by atoms with Crippen LogP contribution in [-0.4, -0.2) is 49.2 Å². The van der Waals surface area contributed by atoms with Crippen LogP contribution >= 0.6 is 0 Å². The van der Waals surface area contributed by atoms with Gasteiger partial charge in [-0.25, -0.2) is 0 Å². The van der Waals surface area contributed by atoms with Crippen molar-refractivity contribution in [3.8, 4) is 0 Å². The SMILES string of the molecule is N[C@@H]1CN(CC(=O)NCC(F)(F)F)C[C@H]1c1ccccc1. The number of amides is 1. The Kier molecular flexibility index (Phi) is 4.84. The van der Waals surface area contributed by atoms with E-state index in [1.165, 1.54) is 0 Å². The normalized spacial score (nSPS) is 23.2. The minimum atomic E-state index is -4.39. The van der Waals surface area contributed by atoms with Crippen LogP contribution in [0.5, 0.6) is 0 Å². The summed E-state index contributed by atoms with van der Waals surface area (Å²) in [6.45, 7) is -0.287. The molecule has 0 unspecified atom stereocenters. The van der Waals surface area contributed by atoms with Gasteiger partial charge in [-0.3, -0.25) is 9.69 Å². The third-order valence-corrected chi connectivity index (χ3v) is 3.52.